The molecule has 1 aliphatic rings. The Kier molecular flexibility index (Phi) is 3.40. The number of aldehydes is 1. The topological polar surface area (TPSA) is 29.5 Å². The van der Waals surface area contributed by atoms with Crippen LogP contribution in [-0.2, 0) is 9.63 Å². The van der Waals surface area contributed by atoms with Gasteiger partial charge < -0.3 is 4.79 Å². The minimum atomic E-state index is 0.583. The highest BCUT2D eigenvalue weighted by Gasteiger charge is 2.08. The van der Waals surface area contributed by atoms with Crippen LogP contribution in [0.5, 0.6) is 0 Å². The van der Waals surface area contributed by atoms with E-state index in [1.54, 1.807) is 0 Å². The Morgan fingerprint density at radius 3 is 3.00 bits per heavy atom. The van der Waals surface area contributed by atoms with E-state index in [0.29, 0.717) is 6.42 Å². The fourth-order valence-electron chi connectivity index (χ4n) is 1.02. The summed E-state index contributed by atoms with van der Waals surface area (Å²) in [7, 11) is 0. The molecule has 3 heteroatoms. The molecule has 0 aromatic carbocycles. The van der Waals surface area contributed by atoms with E-state index >= 15 is 0 Å². The van der Waals surface area contributed by atoms with Crippen LogP contribution in [0.2, 0.25) is 0 Å². The highest BCUT2D eigenvalue weighted by atomic mass is 16.7. The molecule has 0 aliphatic carbocycles. The normalized spacial score (nSPS) is 20.8. The van der Waals surface area contributed by atoms with Crippen molar-refractivity contribution in [1.82, 2.24) is 5.06 Å². The van der Waals surface area contributed by atoms with Gasteiger partial charge in [-0.05, 0) is 12.8 Å². The van der Waals surface area contributed by atoms with Gasteiger partial charge in [0.05, 0.1) is 6.61 Å². The fourth-order valence-corrected chi connectivity index (χ4v) is 1.02. The molecule has 0 spiro atoms. The summed E-state index contributed by atoms with van der Waals surface area (Å²) in [5, 5.41) is 1.87. The number of hydrogen-bond donors (Lipinski definition) is 0. The molecule has 1 aliphatic heterocycles. The Hall–Kier alpha value is -0.410. The molecule has 58 valence electrons. The van der Waals surface area contributed by atoms with E-state index in [2.05, 4.69) is 0 Å². The van der Waals surface area contributed by atoms with E-state index in [9.17, 15) is 4.79 Å². The van der Waals surface area contributed by atoms with Crippen LogP contribution >= 0.6 is 0 Å². The van der Waals surface area contributed by atoms with Gasteiger partial charge in [-0.1, -0.05) is 0 Å². The highest BCUT2D eigenvalue weighted by Crippen LogP contribution is 2.04. The molecule has 1 fully saturated rings. The number of hydroxylamine groups is 2. The molecule has 0 N–H and O–H groups in total. The van der Waals surface area contributed by atoms with Gasteiger partial charge in [0.2, 0.25) is 0 Å². The lowest BCUT2D eigenvalue weighted by Gasteiger charge is -2.24. The van der Waals surface area contributed by atoms with Gasteiger partial charge in [-0.3, -0.25) is 4.84 Å². The van der Waals surface area contributed by atoms with Crippen molar-refractivity contribution in [3.63, 3.8) is 0 Å². The monoisotopic (exact) mass is 143 g/mol. The molecular formula is C7H13NO2. The Bertz CT molecular complexity index is 99.8. The van der Waals surface area contributed by atoms with E-state index in [1.807, 2.05) is 5.06 Å². The first kappa shape index (κ1) is 7.69. The summed E-state index contributed by atoms with van der Waals surface area (Å²) < 4.78 is 0. The number of carbonyl (C=O) groups is 1. The molecule has 1 saturated heterocycles. The average Bonchev–Trinajstić information content (AvgIpc) is 2.03. The maximum absolute atomic E-state index is 9.97. The standard InChI is InChI=1S/C7H13NO2/c9-6-3-5-8-4-1-2-7-10-8/h6H,1-5,7H2. The molecule has 0 atom stereocenters. The fraction of sp³-hybridized carbons (Fsp3) is 0.857. The Morgan fingerprint density at radius 2 is 2.40 bits per heavy atom. The third kappa shape index (κ3) is 2.45. The SMILES string of the molecule is O=CCCN1CCCCO1. The van der Waals surface area contributed by atoms with Crippen LogP contribution in [0.1, 0.15) is 19.3 Å². The van der Waals surface area contributed by atoms with E-state index in [1.165, 1.54) is 6.42 Å². The molecule has 1 rings (SSSR count). The van der Waals surface area contributed by atoms with Crippen LogP contribution in [0, 0.1) is 0 Å². The van der Waals surface area contributed by atoms with Crippen molar-refractivity contribution in [3.8, 4) is 0 Å². The Labute approximate surface area is 60.9 Å². The minimum Gasteiger partial charge on any atom is -0.303 e. The highest BCUT2D eigenvalue weighted by molar-refractivity contribution is 5.49. The molecule has 0 saturated carbocycles. The second kappa shape index (κ2) is 4.41. The van der Waals surface area contributed by atoms with Crippen LogP contribution in [-0.4, -0.2) is 31.0 Å². The van der Waals surface area contributed by atoms with Crippen molar-refractivity contribution in [2.45, 2.75) is 19.3 Å². The van der Waals surface area contributed by atoms with E-state index in [0.717, 1.165) is 32.4 Å². The molecule has 0 bridgehead atoms. The third-order valence-corrected chi connectivity index (χ3v) is 1.57. The van der Waals surface area contributed by atoms with E-state index < -0.39 is 0 Å². The van der Waals surface area contributed by atoms with Crippen molar-refractivity contribution < 1.29 is 9.63 Å². The largest absolute Gasteiger partial charge is 0.303 e. The molecule has 1 heterocycles. The first-order valence-electron chi connectivity index (χ1n) is 3.75. The van der Waals surface area contributed by atoms with Gasteiger partial charge in [-0.15, -0.1) is 0 Å². The smallest absolute Gasteiger partial charge is 0.121 e. The molecule has 10 heavy (non-hydrogen) atoms. The molecule has 3 nitrogen and oxygen atoms in total. The molecule has 0 amide bonds. The first-order chi connectivity index (χ1) is 4.93. The predicted octanol–water partition coefficient (Wildman–Crippen LogP) is 0.603. The van der Waals surface area contributed by atoms with Gasteiger partial charge in [0, 0.05) is 19.5 Å². The molecule has 0 unspecified atom stereocenters. The molecule has 0 radical (unpaired) electrons. The van der Waals surface area contributed by atoms with E-state index in [-0.39, 0.29) is 0 Å². The van der Waals surface area contributed by atoms with Gasteiger partial charge >= 0.3 is 0 Å². The van der Waals surface area contributed by atoms with Crippen molar-refractivity contribution in [1.29, 1.82) is 0 Å². The summed E-state index contributed by atoms with van der Waals surface area (Å²) in [5.41, 5.74) is 0. The Morgan fingerprint density at radius 1 is 1.50 bits per heavy atom. The quantitative estimate of drug-likeness (QED) is 0.542. The second-order valence-electron chi connectivity index (χ2n) is 2.42. The number of hydrogen-bond acceptors (Lipinski definition) is 3. The summed E-state index contributed by atoms with van der Waals surface area (Å²) >= 11 is 0. The zero-order chi connectivity index (χ0) is 7.23. The van der Waals surface area contributed by atoms with Gasteiger partial charge in [-0.25, -0.2) is 0 Å². The van der Waals surface area contributed by atoms with Crippen LogP contribution in [0.25, 0.3) is 0 Å². The maximum Gasteiger partial charge on any atom is 0.121 e. The average molecular weight is 143 g/mol. The molecule has 0 aromatic heterocycles. The summed E-state index contributed by atoms with van der Waals surface area (Å²) in [4.78, 5) is 15.2. The third-order valence-electron chi connectivity index (χ3n) is 1.57. The minimum absolute atomic E-state index is 0.583. The van der Waals surface area contributed by atoms with Crippen molar-refractivity contribution in [3.05, 3.63) is 0 Å². The van der Waals surface area contributed by atoms with Crippen LogP contribution in [0.15, 0.2) is 0 Å². The predicted molar refractivity (Wildman–Crippen MR) is 37.4 cm³/mol. The second-order valence-corrected chi connectivity index (χ2v) is 2.42. The lowest BCUT2D eigenvalue weighted by atomic mass is 10.3. The number of rotatable bonds is 3. The van der Waals surface area contributed by atoms with Gasteiger partial charge in [-0.2, -0.15) is 5.06 Å². The van der Waals surface area contributed by atoms with E-state index in [4.69, 9.17) is 4.84 Å². The van der Waals surface area contributed by atoms with Gasteiger partial charge in [0.15, 0.2) is 0 Å². The lowest BCUT2D eigenvalue weighted by Crippen LogP contribution is -2.30. The summed E-state index contributed by atoms with van der Waals surface area (Å²) in [6.45, 7) is 2.55. The summed E-state index contributed by atoms with van der Waals surface area (Å²) in [6, 6.07) is 0. The van der Waals surface area contributed by atoms with Gasteiger partial charge in [0.1, 0.15) is 6.29 Å². The summed E-state index contributed by atoms with van der Waals surface area (Å²) in [5.74, 6) is 0. The molecule has 0 aromatic rings. The van der Waals surface area contributed by atoms with Crippen molar-refractivity contribution in [2.24, 2.45) is 0 Å². The Balaban J connectivity index is 2.07. The molecular weight excluding hydrogens is 130 g/mol. The lowest BCUT2D eigenvalue weighted by molar-refractivity contribution is -0.180. The zero-order valence-corrected chi connectivity index (χ0v) is 6.08. The van der Waals surface area contributed by atoms with Crippen LogP contribution < -0.4 is 0 Å². The van der Waals surface area contributed by atoms with Crippen LogP contribution in [0.4, 0.5) is 0 Å². The number of nitrogens with zero attached hydrogens (tertiary/aromatic N) is 1. The van der Waals surface area contributed by atoms with Crippen LogP contribution in [0.3, 0.4) is 0 Å². The first-order valence-corrected chi connectivity index (χ1v) is 3.75. The summed E-state index contributed by atoms with van der Waals surface area (Å²) in [6.07, 6.45) is 3.86. The van der Waals surface area contributed by atoms with Crippen molar-refractivity contribution >= 4 is 6.29 Å². The van der Waals surface area contributed by atoms with Crippen molar-refractivity contribution in [2.75, 3.05) is 19.7 Å². The van der Waals surface area contributed by atoms with Gasteiger partial charge in [0.25, 0.3) is 0 Å². The maximum atomic E-state index is 9.97. The number of carbonyl (C=O) groups excluding carboxylic acids is 1. The zero-order valence-electron chi connectivity index (χ0n) is 6.08.